The Balaban J connectivity index is 2.11. The third-order valence-electron chi connectivity index (χ3n) is 3.41. The standard InChI is InChI=1S/C12H16F2N2S/c1-17-12(5-2-6-12)7-16-11-9(15)4-3-8(13)10(11)14/h3-4,16H,2,5-7,15H2,1H3. The van der Waals surface area contributed by atoms with Gasteiger partial charge in [-0.15, -0.1) is 0 Å². The SMILES string of the molecule is CSC1(CNc2c(N)ccc(F)c2F)CCC1. The maximum Gasteiger partial charge on any atom is 0.183 e. The summed E-state index contributed by atoms with van der Waals surface area (Å²) in [6.45, 7) is 0.624. The highest BCUT2D eigenvalue weighted by Crippen LogP contribution is 2.43. The highest BCUT2D eigenvalue weighted by molar-refractivity contribution is 8.00. The molecular weight excluding hydrogens is 242 g/mol. The van der Waals surface area contributed by atoms with Gasteiger partial charge in [-0.2, -0.15) is 11.8 Å². The van der Waals surface area contributed by atoms with E-state index in [1.54, 1.807) is 11.8 Å². The van der Waals surface area contributed by atoms with Crippen LogP contribution in [0.1, 0.15) is 19.3 Å². The van der Waals surface area contributed by atoms with Crippen LogP contribution in [-0.4, -0.2) is 17.5 Å². The molecule has 0 atom stereocenters. The van der Waals surface area contributed by atoms with Crippen molar-refractivity contribution < 1.29 is 8.78 Å². The molecule has 1 aromatic carbocycles. The molecule has 2 nitrogen and oxygen atoms in total. The van der Waals surface area contributed by atoms with E-state index in [0.717, 1.165) is 18.9 Å². The Morgan fingerprint density at radius 3 is 2.65 bits per heavy atom. The minimum absolute atomic E-state index is 0.0883. The van der Waals surface area contributed by atoms with Gasteiger partial charge < -0.3 is 11.1 Å². The second-order valence-electron chi connectivity index (χ2n) is 4.42. The number of nitrogens with two attached hydrogens (primary N) is 1. The van der Waals surface area contributed by atoms with Crippen LogP contribution in [0.15, 0.2) is 12.1 Å². The fourth-order valence-electron chi connectivity index (χ4n) is 2.02. The molecule has 0 bridgehead atoms. The summed E-state index contributed by atoms with van der Waals surface area (Å²) in [5, 5.41) is 2.95. The van der Waals surface area contributed by atoms with Crippen LogP contribution in [0.3, 0.4) is 0 Å². The summed E-state index contributed by atoms with van der Waals surface area (Å²) in [4.78, 5) is 0. The van der Waals surface area contributed by atoms with Crippen LogP contribution in [-0.2, 0) is 0 Å². The maximum atomic E-state index is 13.5. The molecule has 1 saturated carbocycles. The molecule has 0 aliphatic heterocycles. The van der Waals surface area contributed by atoms with Gasteiger partial charge >= 0.3 is 0 Å². The Morgan fingerprint density at radius 1 is 1.41 bits per heavy atom. The fourth-order valence-corrected chi connectivity index (χ4v) is 2.93. The van der Waals surface area contributed by atoms with Gasteiger partial charge in [0, 0.05) is 11.3 Å². The van der Waals surface area contributed by atoms with Gasteiger partial charge in [0.15, 0.2) is 11.6 Å². The van der Waals surface area contributed by atoms with Crippen LogP contribution in [0, 0.1) is 11.6 Å². The predicted molar refractivity (Wildman–Crippen MR) is 69.4 cm³/mol. The van der Waals surface area contributed by atoms with Gasteiger partial charge in [-0.3, -0.25) is 0 Å². The van der Waals surface area contributed by atoms with Gasteiger partial charge in [0.25, 0.3) is 0 Å². The van der Waals surface area contributed by atoms with Gasteiger partial charge in [-0.1, -0.05) is 6.42 Å². The summed E-state index contributed by atoms with van der Waals surface area (Å²) in [5.41, 5.74) is 5.98. The summed E-state index contributed by atoms with van der Waals surface area (Å²) in [5.74, 6) is -1.76. The second kappa shape index (κ2) is 4.72. The molecule has 0 heterocycles. The molecule has 0 spiro atoms. The van der Waals surface area contributed by atoms with Crippen molar-refractivity contribution in [3.63, 3.8) is 0 Å². The number of nitrogens with one attached hydrogen (secondary N) is 1. The van der Waals surface area contributed by atoms with E-state index in [0.29, 0.717) is 6.54 Å². The van der Waals surface area contributed by atoms with Gasteiger partial charge in [-0.05, 0) is 31.2 Å². The first-order chi connectivity index (χ1) is 8.08. The Morgan fingerprint density at radius 2 is 2.12 bits per heavy atom. The van der Waals surface area contributed by atoms with E-state index in [1.165, 1.54) is 12.5 Å². The third-order valence-corrected chi connectivity index (χ3v) is 4.83. The van der Waals surface area contributed by atoms with Crippen molar-refractivity contribution in [1.29, 1.82) is 0 Å². The number of halogens is 2. The van der Waals surface area contributed by atoms with Crippen LogP contribution in [0.4, 0.5) is 20.2 Å². The third kappa shape index (κ3) is 2.34. The van der Waals surface area contributed by atoms with Gasteiger partial charge in [0.05, 0.1) is 11.4 Å². The van der Waals surface area contributed by atoms with E-state index in [2.05, 4.69) is 5.32 Å². The van der Waals surface area contributed by atoms with E-state index >= 15 is 0 Å². The zero-order chi connectivity index (χ0) is 12.5. The molecule has 0 aromatic heterocycles. The Labute approximate surface area is 104 Å². The molecule has 3 N–H and O–H groups in total. The molecule has 1 fully saturated rings. The molecular formula is C12H16F2N2S. The normalized spacial score (nSPS) is 17.6. The van der Waals surface area contributed by atoms with Crippen LogP contribution in [0.5, 0.6) is 0 Å². The molecule has 0 radical (unpaired) electrons. The maximum absolute atomic E-state index is 13.5. The lowest BCUT2D eigenvalue weighted by Crippen LogP contribution is -2.40. The van der Waals surface area contributed by atoms with Crippen molar-refractivity contribution in [2.24, 2.45) is 0 Å². The number of hydrogen-bond acceptors (Lipinski definition) is 3. The Kier molecular flexibility index (Phi) is 3.47. The molecule has 1 aliphatic carbocycles. The average molecular weight is 258 g/mol. The van der Waals surface area contributed by atoms with E-state index in [-0.39, 0.29) is 16.1 Å². The van der Waals surface area contributed by atoms with E-state index in [9.17, 15) is 8.78 Å². The number of rotatable bonds is 4. The summed E-state index contributed by atoms with van der Waals surface area (Å²) < 4.78 is 26.8. The van der Waals surface area contributed by atoms with Crippen LogP contribution in [0.2, 0.25) is 0 Å². The molecule has 0 amide bonds. The van der Waals surface area contributed by atoms with Crippen LogP contribution < -0.4 is 11.1 Å². The summed E-state index contributed by atoms with van der Waals surface area (Å²) >= 11 is 1.77. The van der Waals surface area contributed by atoms with Gasteiger partial charge in [0.1, 0.15) is 0 Å². The quantitative estimate of drug-likeness (QED) is 0.814. The Bertz CT molecular complexity index is 414. The number of hydrogen-bond donors (Lipinski definition) is 2. The first-order valence-corrected chi connectivity index (χ1v) is 6.83. The molecule has 94 valence electrons. The molecule has 2 rings (SSSR count). The fraction of sp³-hybridized carbons (Fsp3) is 0.500. The highest BCUT2D eigenvalue weighted by Gasteiger charge is 2.36. The average Bonchev–Trinajstić information content (AvgIpc) is 2.27. The van der Waals surface area contributed by atoms with Crippen molar-refractivity contribution in [2.75, 3.05) is 23.9 Å². The zero-order valence-corrected chi connectivity index (χ0v) is 10.5. The first-order valence-electron chi connectivity index (χ1n) is 5.60. The van der Waals surface area contributed by atoms with Crippen molar-refractivity contribution in [3.8, 4) is 0 Å². The minimum Gasteiger partial charge on any atom is -0.397 e. The first kappa shape index (κ1) is 12.5. The van der Waals surface area contributed by atoms with Crippen molar-refractivity contribution in [3.05, 3.63) is 23.8 Å². The lowest BCUT2D eigenvalue weighted by molar-refractivity contribution is 0.379. The van der Waals surface area contributed by atoms with Gasteiger partial charge in [-0.25, -0.2) is 8.78 Å². The van der Waals surface area contributed by atoms with Crippen molar-refractivity contribution in [2.45, 2.75) is 24.0 Å². The summed E-state index contributed by atoms with van der Waals surface area (Å²) in [6, 6.07) is 2.43. The predicted octanol–water partition coefficient (Wildman–Crippen LogP) is 3.24. The number of nitrogen functional groups attached to an aromatic ring is 1. The molecule has 17 heavy (non-hydrogen) atoms. The van der Waals surface area contributed by atoms with Crippen LogP contribution in [0.25, 0.3) is 0 Å². The van der Waals surface area contributed by atoms with Crippen molar-refractivity contribution >= 4 is 23.1 Å². The lowest BCUT2D eigenvalue weighted by Gasteiger charge is -2.40. The number of thioether (sulfide) groups is 1. The highest BCUT2D eigenvalue weighted by atomic mass is 32.2. The number of benzene rings is 1. The molecule has 0 saturated heterocycles. The van der Waals surface area contributed by atoms with Crippen molar-refractivity contribution in [1.82, 2.24) is 0 Å². The van der Waals surface area contributed by atoms with Gasteiger partial charge in [0.2, 0.25) is 0 Å². The monoisotopic (exact) mass is 258 g/mol. The lowest BCUT2D eigenvalue weighted by atomic mass is 9.84. The molecule has 0 unspecified atom stereocenters. The second-order valence-corrected chi connectivity index (χ2v) is 5.69. The van der Waals surface area contributed by atoms with E-state index in [1.807, 2.05) is 6.26 Å². The van der Waals surface area contributed by atoms with E-state index < -0.39 is 11.6 Å². The topological polar surface area (TPSA) is 38.0 Å². The molecule has 5 heteroatoms. The number of anilines is 2. The molecule has 1 aromatic rings. The molecule has 1 aliphatic rings. The smallest absolute Gasteiger partial charge is 0.183 e. The Hall–Kier alpha value is -0.970. The summed E-state index contributed by atoms with van der Waals surface area (Å²) in [6.07, 6.45) is 5.46. The summed E-state index contributed by atoms with van der Waals surface area (Å²) in [7, 11) is 0. The minimum atomic E-state index is -0.888. The largest absolute Gasteiger partial charge is 0.397 e. The van der Waals surface area contributed by atoms with E-state index in [4.69, 9.17) is 5.73 Å². The zero-order valence-electron chi connectivity index (χ0n) is 9.72. The van der Waals surface area contributed by atoms with Crippen LogP contribution >= 0.6 is 11.8 Å².